The first-order valence-corrected chi connectivity index (χ1v) is 13.6. The van der Waals surface area contributed by atoms with Crippen molar-refractivity contribution in [3.8, 4) is 0 Å². The summed E-state index contributed by atoms with van der Waals surface area (Å²) in [5, 5.41) is 13.9. The van der Waals surface area contributed by atoms with Gasteiger partial charge in [0.2, 0.25) is 0 Å². The maximum Gasteiger partial charge on any atom is 3.00 e. The normalized spacial score (nSPS) is 11.6. The molecular weight excluding hydrogens is 622 g/mol. The van der Waals surface area contributed by atoms with Crippen LogP contribution in [-0.2, 0) is 0 Å². The number of aromatic amines is 4. The molecule has 44 heavy (non-hydrogen) atoms. The summed E-state index contributed by atoms with van der Waals surface area (Å²) < 4.78 is 0. The number of hydrogen-bond donors (Lipinski definition) is 4. The van der Waals surface area contributed by atoms with Crippen LogP contribution in [0.4, 0.5) is 0 Å². The smallest absolute Gasteiger partial charge is 1.00 e. The molecule has 0 spiro atoms. The average Bonchev–Trinajstić information content (AvgIpc) is 3.73. The Balaban J connectivity index is 0.000000960. The van der Waals surface area contributed by atoms with E-state index in [1.54, 1.807) is 0 Å². The fourth-order valence-corrected chi connectivity index (χ4v) is 6.42. The molecule has 4 aromatic carbocycles. The topological polar surface area (TPSA) is 63.2 Å². The number of fused-ring (bicyclic) bond motifs is 20. The molecule has 9 rings (SSSR count). The molecule has 0 saturated carbocycles. The van der Waals surface area contributed by atoms with Crippen molar-refractivity contribution in [3.05, 3.63) is 141 Å². The van der Waals surface area contributed by atoms with Gasteiger partial charge in [-0.3, -0.25) is 0 Å². The molecule has 4 N–H and O–H groups in total. The molecule has 0 saturated heterocycles. The maximum atomic E-state index is 3.75. The van der Waals surface area contributed by atoms with Crippen LogP contribution in [0.25, 0.3) is 67.4 Å². The number of halogens is 3. The van der Waals surface area contributed by atoms with Gasteiger partial charge in [0, 0.05) is 87.3 Å². The minimum atomic E-state index is 0. The van der Waals surface area contributed by atoms with Crippen LogP contribution in [0.15, 0.2) is 97.1 Å². The van der Waals surface area contributed by atoms with E-state index in [1.807, 2.05) is 0 Å². The van der Waals surface area contributed by atoms with E-state index in [0.29, 0.717) is 0 Å². The Kier molecular flexibility index (Phi) is 8.64. The number of rotatable bonds is 0. The van der Waals surface area contributed by atoms with Crippen LogP contribution in [0.5, 0.6) is 0 Å². The summed E-state index contributed by atoms with van der Waals surface area (Å²) in [6.45, 7) is 0. The molecule has 5 heterocycles. The zero-order valence-electron chi connectivity index (χ0n) is 23.3. The van der Waals surface area contributed by atoms with Gasteiger partial charge in [-0.2, -0.15) is 0 Å². The number of nitrogens with one attached hydrogen (secondary N) is 4. The van der Waals surface area contributed by atoms with E-state index in [0.717, 1.165) is 44.2 Å². The molecular formula is C36H24AlCl3N4. The van der Waals surface area contributed by atoms with Crippen LogP contribution in [0.2, 0.25) is 0 Å². The van der Waals surface area contributed by atoms with Gasteiger partial charge in [0.15, 0.2) is 0 Å². The summed E-state index contributed by atoms with van der Waals surface area (Å²) in [5.74, 6) is 0. The Morgan fingerprint density at radius 1 is 0.273 bits per heavy atom. The molecule has 4 nitrogen and oxygen atoms in total. The van der Waals surface area contributed by atoms with Crippen molar-refractivity contribution in [3.63, 3.8) is 0 Å². The number of hydrogen-bond acceptors (Lipinski definition) is 0. The standard InChI is InChI=1S/C36H24N4.Al.3ClH/c1-2-10-22-21(9-1)29-17-31-23-11-3-4-12-24(23)33(38-31)19-35-27-15-7-8-16-28(27)36(40-35)20-34-26-14-6-5-13-25(26)32(39-34)18-30(22)37-29;;;;/h1-20,37-40H;;3*1H/q;+3;;;/p-3. The molecule has 0 amide bonds. The number of aromatic nitrogens is 4. The van der Waals surface area contributed by atoms with E-state index in [9.17, 15) is 0 Å². The van der Waals surface area contributed by atoms with Gasteiger partial charge in [-0.1, -0.05) is 97.1 Å². The molecule has 0 unspecified atom stereocenters. The van der Waals surface area contributed by atoms with Crippen molar-refractivity contribution in [2.45, 2.75) is 0 Å². The van der Waals surface area contributed by atoms with Crippen molar-refractivity contribution in [1.29, 1.82) is 0 Å². The second-order valence-corrected chi connectivity index (χ2v) is 10.6. The molecule has 8 bridgehead atoms. The largest absolute Gasteiger partial charge is 3.00 e. The Morgan fingerprint density at radius 2 is 0.477 bits per heavy atom. The molecule has 0 atom stereocenters. The maximum absolute atomic E-state index is 3.75. The summed E-state index contributed by atoms with van der Waals surface area (Å²) in [4.78, 5) is 15.0. The van der Waals surface area contributed by atoms with E-state index in [1.165, 1.54) is 43.1 Å². The van der Waals surface area contributed by atoms with Gasteiger partial charge < -0.3 is 57.2 Å². The summed E-state index contributed by atoms with van der Waals surface area (Å²) in [6.07, 6.45) is 8.98. The summed E-state index contributed by atoms with van der Waals surface area (Å²) >= 11 is 0. The monoisotopic (exact) mass is 644 g/mol. The Labute approximate surface area is 281 Å². The van der Waals surface area contributed by atoms with Gasteiger partial charge in [0.05, 0.1) is 0 Å². The minimum Gasteiger partial charge on any atom is -1.00 e. The van der Waals surface area contributed by atoms with Gasteiger partial charge in [-0.25, -0.2) is 0 Å². The zero-order valence-corrected chi connectivity index (χ0v) is 26.7. The fourth-order valence-electron chi connectivity index (χ4n) is 6.42. The van der Waals surface area contributed by atoms with Gasteiger partial charge in [-0.15, -0.1) is 0 Å². The van der Waals surface area contributed by atoms with E-state index in [4.69, 9.17) is 0 Å². The summed E-state index contributed by atoms with van der Waals surface area (Å²) in [6, 6.07) is 34.4. The van der Waals surface area contributed by atoms with Crippen LogP contribution in [-0.4, -0.2) is 37.3 Å². The van der Waals surface area contributed by atoms with Crippen LogP contribution in [0, 0.1) is 0 Å². The second kappa shape index (κ2) is 12.1. The fraction of sp³-hybridized carbons (Fsp3) is 0. The van der Waals surface area contributed by atoms with E-state index in [2.05, 4.69) is 141 Å². The SMILES string of the molecule is C1=c2[nH]c(c3ccccc23)=Cc2[nH]c(c3ccccc23)C=c2[nH]c(c3ccccc23)=Cc2[nH]c1c1ccccc21.[Al+3].[Cl-].[Cl-].[Cl-]. The Bertz CT molecular complexity index is 2220. The molecule has 8 heteroatoms. The minimum absolute atomic E-state index is 0. The second-order valence-electron chi connectivity index (χ2n) is 10.6. The molecule has 1 aliphatic heterocycles. The van der Waals surface area contributed by atoms with Crippen LogP contribution in [0.3, 0.4) is 0 Å². The van der Waals surface area contributed by atoms with Crippen LogP contribution in [0.1, 0.15) is 22.8 Å². The van der Waals surface area contributed by atoms with Gasteiger partial charge in [-0.05, 0) is 24.3 Å². The predicted molar refractivity (Wildman–Crippen MR) is 172 cm³/mol. The van der Waals surface area contributed by atoms with E-state index < -0.39 is 0 Å². The van der Waals surface area contributed by atoms with Crippen molar-refractivity contribution in [1.82, 2.24) is 19.9 Å². The quantitative estimate of drug-likeness (QED) is 0.121. The van der Waals surface area contributed by atoms with Crippen LogP contribution < -0.4 is 58.6 Å². The molecule has 1 aliphatic rings. The van der Waals surface area contributed by atoms with Crippen molar-refractivity contribution in [2.75, 3.05) is 0 Å². The van der Waals surface area contributed by atoms with Crippen molar-refractivity contribution in [2.24, 2.45) is 0 Å². The molecule has 212 valence electrons. The third-order valence-electron chi connectivity index (χ3n) is 8.26. The Hall–Kier alpha value is -4.08. The third-order valence-corrected chi connectivity index (χ3v) is 8.26. The third kappa shape index (κ3) is 4.79. The first-order chi connectivity index (χ1) is 19.8. The zero-order chi connectivity index (χ0) is 26.2. The molecule has 0 radical (unpaired) electrons. The van der Waals surface area contributed by atoms with E-state index in [-0.39, 0.29) is 54.6 Å². The van der Waals surface area contributed by atoms with Crippen LogP contribution >= 0.6 is 0 Å². The van der Waals surface area contributed by atoms with Gasteiger partial charge >= 0.3 is 17.4 Å². The van der Waals surface area contributed by atoms with Gasteiger partial charge in [0.25, 0.3) is 0 Å². The van der Waals surface area contributed by atoms with Crippen molar-refractivity contribution < 1.29 is 37.2 Å². The Morgan fingerprint density at radius 3 is 0.705 bits per heavy atom. The molecule has 8 aromatic rings. The summed E-state index contributed by atoms with van der Waals surface area (Å²) in [7, 11) is 0. The van der Waals surface area contributed by atoms with Crippen molar-refractivity contribution >= 4 is 84.8 Å². The first kappa shape index (κ1) is 31.4. The summed E-state index contributed by atoms with van der Waals surface area (Å²) in [5.41, 5.74) is 4.34. The molecule has 0 aliphatic carbocycles. The first-order valence-electron chi connectivity index (χ1n) is 13.6. The number of benzene rings is 4. The molecule has 0 fully saturated rings. The average molecular weight is 646 g/mol. The predicted octanol–water partition coefficient (Wildman–Crippen LogP) is -4.13. The van der Waals surface area contributed by atoms with Gasteiger partial charge in [0.1, 0.15) is 0 Å². The molecule has 4 aromatic heterocycles. The number of H-pyrrole nitrogens is 4. The van der Waals surface area contributed by atoms with E-state index >= 15 is 0 Å².